The van der Waals surface area contributed by atoms with Gasteiger partial charge in [0.15, 0.2) is 17.4 Å². The summed E-state index contributed by atoms with van der Waals surface area (Å²) < 4.78 is 26.2. The Morgan fingerprint density at radius 1 is 1.29 bits per heavy atom. The number of anilines is 1. The molecule has 0 aliphatic carbocycles. The van der Waals surface area contributed by atoms with E-state index < -0.39 is 11.6 Å². The number of carbonyl (C=O) groups excluding carboxylic acids is 1. The lowest BCUT2D eigenvalue weighted by Gasteiger charge is -2.14. The summed E-state index contributed by atoms with van der Waals surface area (Å²) in [4.78, 5) is 12.4. The van der Waals surface area contributed by atoms with Crippen molar-refractivity contribution in [3.63, 3.8) is 0 Å². The van der Waals surface area contributed by atoms with Gasteiger partial charge in [0.05, 0.1) is 5.69 Å². The average Bonchev–Trinajstić information content (AvgIpc) is 2.08. The SMILES string of the molecule is CC(=O)c1cc(F)c(F)c(N(C)C)c1. The van der Waals surface area contributed by atoms with Crippen molar-refractivity contribution in [2.24, 2.45) is 0 Å². The molecule has 0 fully saturated rings. The van der Waals surface area contributed by atoms with Gasteiger partial charge in [0.1, 0.15) is 0 Å². The maximum absolute atomic E-state index is 13.2. The van der Waals surface area contributed by atoms with Gasteiger partial charge >= 0.3 is 0 Å². The third-order valence-corrected chi connectivity index (χ3v) is 1.90. The summed E-state index contributed by atoms with van der Waals surface area (Å²) in [6.45, 7) is 1.31. The average molecular weight is 199 g/mol. The second-order valence-corrected chi connectivity index (χ2v) is 3.24. The first-order chi connectivity index (χ1) is 6.43. The highest BCUT2D eigenvalue weighted by Gasteiger charge is 2.13. The molecule has 14 heavy (non-hydrogen) atoms. The van der Waals surface area contributed by atoms with Crippen molar-refractivity contribution in [3.05, 3.63) is 29.3 Å². The number of ketones is 1. The highest BCUT2D eigenvalue weighted by atomic mass is 19.2. The summed E-state index contributed by atoms with van der Waals surface area (Å²) in [6.07, 6.45) is 0. The number of nitrogens with zero attached hydrogens (tertiary/aromatic N) is 1. The fourth-order valence-corrected chi connectivity index (χ4v) is 1.10. The zero-order valence-corrected chi connectivity index (χ0v) is 8.27. The minimum Gasteiger partial charge on any atom is -0.375 e. The molecular formula is C10H11F2NO. The zero-order chi connectivity index (χ0) is 10.9. The minimum absolute atomic E-state index is 0.0789. The van der Waals surface area contributed by atoms with E-state index in [1.165, 1.54) is 17.9 Å². The largest absolute Gasteiger partial charge is 0.375 e. The third-order valence-electron chi connectivity index (χ3n) is 1.90. The van der Waals surface area contributed by atoms with E-state index in [0.29, 0.717) is 0 Å². The molecule has 2 nitrogen and oxygen atoms in total. The van der Waals surface area contributed by atoms with Crippen LogP contribution >= 0.6 is 0 Å². The molecule has 0 aromatic heterocycles. The smallest absolute Gasteiger partial charge is 0.182 e. The summed E-state index contributed by atoms with van der Waals surface area (Å²) in [7, 11) is 3.17. The van der Waals surface area contributed by atoms with Crippen LogP contribution in [-0.2, 0) is 0 Å². The van der Waals surface area contributed by atoms with Crippen LogP contribution in [0.2, 0.25) is 0 Å². The van der Waals surface area contributed by atoms with Gasteiger partial charge in [-0.05, 0) is 19.1 Å². The summed E-state index contributed by atoms with van der Waals surface area (Å²) in [5.74, 6) is -2.21. The van der Waals surface area contributed by atoms with E-state index in [4.69, 9.17) is 0 Å². The standard InChI is InChI=1S/C10H11F2NO/c1-6(14)7-4-8(11)10(12)9(5-7)13(2)3/h4-5H,1-3H3. The topological polar surface area (TPSA) is 20.3 Å². The quantitative estimate of drug-likeness (QED) is 0.681. The predicted molar refractivity (Wildman–Crippen MR) is 50.7 cm³/mol. The van der Waals surface area contributed by atoms with E-state index in [9.17, 15) is 13.6 Å². The molecule has 0 bridgehead atoms. The molecule has 0 saturated carbocycles. The maximum Gasteiger partial charge on any atom is 0.182 e. The van der Waals surface area contributed by atoms with Gasteiger partial charge in [0, 0.05) is 19.7 Å². The van der Waals surface area contributed by atoms with Gasteiger partial charge in [-0.25, -0.2) is 8.78 Å². The first kappa shape index (κ1) is 10.6. The Labute approximate surface area is 81.1 Å². The van der Waals surface area contributed by atoms with E-state index in [2.05, 4.69) is 0 Å². The molecule has 0 N–H and O–H groups in total. The van der Waals surface area contributed by atoms with Crippen LogP contribution in [0.25, 0.3) is 0 Å². The van der Waals surface area contributed by atoms with Crippen LogP contribution in [0, 0.1) is 11.6 Å². The number of Topliss-reactive ketones (excluding diaryl/α,β-unsaturated/α-hetero) is 1. The summed E-state index contributed by atoms with van der Waals surface area (Å²) in [5, 5.41) is 0. The van der Waals surface area contributed by atoms with Gasteiger partial charge in [-0.1, -0.05) is 0 Å². The molecular weight excluding hydrogens is 188 g/mol. The molecule has 1 rings (SSSR count). The molecule has 4 heteroatoms. The molecule has 0 heterocycles. The fraction of sp³-hybridized carbons (Fsp3) is 0.300. The van der Waals surface area contributed by atoms with Crippen LogP contribution in [0.4, 0.5) is 14.5 Å². The van der Waals surface area contributed by atoms with Gasteiger partial charge in [-0.2, -0.15) is 0 Å². The van der Waals surface area contributed by atoms with Crippen molar-refractivity contribution >= 4 is 11.5 Å². The van der Waals surface area contributed by atoms with Crippen molar-refractivity contribution in [2.75, 3.05) is 19.0 Å². The number of hydrogen-bond acceptors (Lipinski definition) is 2. The minimum atomic E-state index is -0.999. The molecule has 0 aliphatic rings. The van der Waals surface area contributed by atoms with Crippen LogP contribution < -0.4 is 4.90 Å². The molecule has 76 valence electrons. The van der Waals surface area contributed by atoms with Gasteiger partial charge in [-0.3, -0.25) is 4.79 Å². The predicted octanol–water partition coefficient (Wildman–Crippen LogP) is 2.23. The number of halogens is 2. The highest BCUT2D eigenvalue weighted by molar-refractivity contribution is 5.95. The lowest BCUT2D eigenvalue weighted by molar-refractivity contribution is 0.101. The Morgan fingerprint density at radius 2 is 1.86 bits per heavy atom. The van der Waals surface area contributed by atoms with E-state index in [1.54, 1.807) is 14.1 Å². The van der Waals surface area contributed by atoms with E-state index >= 15 is 0 Å². The Bertz CT molecular complexity index is 375. The van der Waals surface area contributed by atoms with Crippen LogP contribution in [0.5, 0.6) is 0 Å². The van der Waals surface area contributed by atoms with E-state index in [-0.39, 0.29) is 17.0 Å². The van der Waals surface area contributed by atoms with Crippen LogP contribution in [0.1, 0.15) is 17.3 Å². The van der Waals surface area contributed by atoms with Gasteiger partial charge < -0.3 is 4.90 Å². The third kappa shape index (κ3) is 1.89. The maximum atomic E-state index is 13.2. The Morgan fingerprint density at radius 3 is 2.29 bits per heavy atom. The van der Waals surface area contributed by atoms with E-state index in [1.807, 2.05) is 0 Å². The molecule has 0 saturated heterocycles. The number of hydrogen-bond donors (Lipinski definition) is 0. The first-order valence-corrected chi connectivity index (χ1v) is 4.10. The normalized spacial score (nSPS) is 10.1. The van der Waals surface area contributed by atoms with Gasteiger partial charge in [-0.15, -0.1) is 0 Å². The van der Waals surface area contributed by atoms with Crippen molar-refractivity contribution in [2.45, 2.75) is 6.92 Å². The van der Waals surface area contributed by atoms with Crippen LogP contribution in [-0.4, -0.2) is 19.9 Å². The number of benzene rings is 1. The first-order valence-electron chi connectivity index (χ1n) is 4.10. The summed E-state index contributed by atoms with van der Waals surface area (Å²) >= 11 is 0. The van der Waals surface area contributed by atoms with Crippen LogP contribution in [0.15, 0.2) is 12.1 Å². The Balaban J connectivity index is 3.35. The second-order valence-electron chi connectivity index (χ2n) is 3.24. The fourth-order valence-electron chi connectivity index (χ4n) is 1.10. The number of rotatable bonds is 2. The highest BCUT2D eigenvalue weighted by Crippen LogP contribution is 2.22. The summed E-state index contributed by atoms with van der Waals surface area (Å²) in [5.41, 5.74) is 0.253. The Hall–Kier alpha value is -1.45. The molecule has 0 spiro atoms. The molecule has 0 amide bonds. The van der Waals surface area contributed by atoms with Gasteiger partial charge in [0.2, 0.25) is 0 Å². The lowest BCUT2D eigenvalue weighted by atomic mass is 10.1. The molecule has 0 unspecified atom stereocenters. The van der Waals surface area contributed by atoms with E-state index in [0.717, 1.165) is 6.07 Å². The molecule has 1 aromatic rings. The van der Waals surface area contributed by atoms with Crippen molar-refractivity contribution in [1.82, 2.24) is 0 Å². The molecule has 0 aliphatic heterocycles. The summed E-state index contributed by atoms with van der Waals surface area (Å²) in [6, 6.07) is 2.24. The number of carbonyl (C=O) groups is 1. The van der Waals surface area contributed by atoms with Crippen molar-refractivity contribution in [3.8, 4) is 0 Å². The molecule has 1 aromatic carbocycles. The van der Waals surface area contributed by atoms with Crippen molar-refractivity contribution in [1.29, 1.82) is 0 Å². The Kier molecular flexibility index (Phi) is 2.84. The van der Waals surface area contributed by atoms with Crippen molar-refractivity contribution < 1.29 is 13.6 Å². The second kappa shape index (κ2) is 3.74. The monoisotopic (exact) mass is 199 g/mol. The molecule has 0 radical (unpaired) electrons. The van der Waals surface area contributed by atoms with Crippen LogP contribution in [0.3, 0.4) is 0 Å². The zero-order valence-electron chi connectivity index (χ0n) is 8.27. The van der Waals surface area contributed by atoms with Gasteiger partial charge in [0.25, 0.3) is 0 Å². The lowest BCUT2D eigenvalue weighted by Crippen LogP contribution is -2.13. The molecule has 0 atom stereocenters.